The molecular weight excluding hydrogens is 212 g/mol. The van der Waals surface area contributed by atoms with Gasteiger partial charge in [-0.2, -0.15) is 5.10 Å². The zero-order valence-corrected chi connectivity index (χ0v) is 9.93. The van der Waals surface area contributed by atoms with Crippen molar-refractivity contribution < 1.29 is 0 Å². The summed E-state index contributed by atoms with van der Waals surface area (Å²) in [5, 5.41) is 4.48. The third-order valence-corrected chi connectivity index (χ3v) is 3.24. The number of nitrogens with zero attached hydrogens (tertiary/aromatic N) is 3. The molecular formula is C13H16N4. The van der Waals surface area contributed by atoms with Crippen LogP contribution in [0.25, 0.3) is 5.69 Å². The molecule has 3 rings (SSSR count). The lowest BCUT2D eigenvalue weighted by molar-refractivity contribution is 0.310. The zero-order chi connectivity index (χ0) is 11.8. The summed E-state index contributed by atoms with van der Waals surface area (Å²) in [4.78, 5) is 2.31. The number of likely N-dealkylation sites (N-methyl/N-ethyl adjacent to an activating group) is 1. The molecule has 2 N–H and O–H groups in total. The van der Waals surface area contributed by atoms with Gasteiger partial charge in [-0.1, -0.05) is 6.07 Å². The maximum atomic E-state index is 5.81. The Morgan fingerprint density at radius 2 is 2.24 bits per heavy atom. The fourth-order valence-electron chi connectivity index (χ4n) is 2.35. The van der Waals surface area contributed by atoms with E-state index in [-0.39, 0.29) is 0 Å². The molecule has 88 valence electrons. The first-order valence-corrected chi connectivity index (χ1v) is 5.84. The van der Waals surface area contributed by atoms with Crippen molar-refractivity contribution in [2.45, 2.75) is 13.0 Å². The van der Waals surface area contributed by atoms with Gasteiger partial charge < -0.3 is 10.6 Å². The minimum absolute atomic E-state index is 0.777. The molecule has 2 aromatic rings. The second kappa shape index (κ2) is 3.89. The number of hydrogen-bond donors (Lipinski definition) is 1. The lowest BCUT2D eigenvalue weighted by atomic mass is 10.1. The Labute approximate surface area is 101 Å². The average Bonchev–Trinajstić information content (AvgIpc) is 2.71. The number of rotatable bonds is 1. The Balaban J connectivity index is 2.05. The molecule has 2 heterocycles. The molecule has 4 nitrogen and oxygen atoms in total. The summed E-state index contributed by atoms with van der Waals surface area (Å²) in [6, 6.07) is 7.87. The summed E-state index contributed by atoms with van der Waals surface area (Å²) in [6.07, 6.45) is 3.01. The topological polar surface area (TPSA) is 47.1 Å². The zero-order valence-electron chi connectivity index (χ0n) is 9.93. The van der Waals surface area contributed by atoms with Crippen molar-refractivity contribution in [3.63, 3.8) is 0 Å². The Hall–Kier alpha value is -1.81. The Morgan fingerprint density at radius 3 is 3.06 bits per heavy atom. The molecule has 0 radical (unpaired) electrons. The normalized spacial score (nSPS) is 15.8. The van der Waals surface area contributed by atoms with Gasteiger partial charge in [0.2, 0.25) is 0 Å². The highest BCUT2D eigenvalue weighted by Gasteiger charge is 2.18. The van der Waals surface area contributed by atoms with Gasteiger partial charge in [-0.25, -0.2) is 4.68 Å². The first kappa shape index (κ1) is 10.4. The predicted molar refractivity (Wildman–Crippen MR) is 68.0 cm³/mol. The molecule has 1 aliphatic rings. The minimum atomic E-state index is 0.777. The van der Waals surface area contributed by atoms with Crippen LogP contribution < -0.4 is 5.73 Å². The van der Waals surface area contributed by atoms with Gasteiger partial charge in [-0.05, 0) is 25.2 Å². The number of fused-ring (bicyclic) bond motifs is 1. The van der Waals surface area contributed by atoms with Crippen molar-refractivity contribution in [3.8, 4) is 5.69 Å². The molecule has 0 fully saturated rings. The summed E-state index contributed by atoms with van der Waals surface area (Å²) in [5.41, 5.74) is 10.3. The van der Waals surface area contributed by atoms with Crippen molar-refractivity contribution in [1.82, 2.24) is 14.7 Å². The molecule has 0 saturated heterocycles. The van der Waals surface area contributed by atoms with Crippen molar-refractivity contribution in [2.75, 3.05) is 19.3 Å². The minimum Gasteiger partial charge on any atom is -0.399 e. The van der Waals surface area contributed by atoms with Crippen LogP contribution in [-0.2, 0) is 13.0 Å². The quantitative estimate of drug-likeness (QED) is 0.751. The molecule has 0 atom stereocenters. The van der Waals surface area contributed by atoms with E-state index >= 15 is 0 Å². The largest absolute Gasteiger partial charge is 0.399 e. The highest BCUT2D eigenvalue weighted by Crippen LogP contribution is 2.21. The molecule has 4 heteroatoms. The Bertz CT molecular complexity index is 544. The van der Waals surface area contributed by atoms with Gasteiger partial charge in [0.1, 0.15) is 0 Å². The van der Waals surface area contributed by atoms with E-state index in [1.165, 1.54) is 11.3 Å². The van der Waals surface area contributed by atoms with Gasteiger partial charge in [-0.3, -0.25) is 0 Å². The smallest absolute Gasteiger partial charge is 0.0669 e. The number of aromatic nitrogens is 2. The van der Waals surface area contributed by atoms with Gasteiger partial charge in [0.05, 0.1) is 17.6 Å². The number of nitrogen functional groups attached to an aromatic ring is 1. The van der Waals surface area contributed by atoms with Crippen LogP contribution in [0.3, 0.4) is 0 Å². The van der Waals surface area contributed by atoms with Gasteiger partial charge in [-0.15, -0.1) is 0 Å². The second-order valence-corrected chi connectivity index (χ2v) is 4.61. The summed E-state index contributed by atoms with van der Waals surface area (Å²) < 4.78 is 2.01. The summed E-state index contributed by atoms with van der Waals surface area (Å²) in [6.45, 7) is 2.07. The molecule has 0 aliphatic carbocycles. The maximum absolute atomic E-state index is 5.81. The number of anilines is 1. The molecule has 0 saturated carbocycles. The van der Waals surface area contributed by atoms with Crippen LogP contribution in [0.2, 0.25) is 0 Å². The van der Waals surface area contributed by atoms with Gasteiger partial charge >= 0.3 is 0 Å². The number of hydrogen-bond acceptors (Lipinski definition) is 3. The predicted octanol–water partition coefficient (Wildman–Crippen LogP) is 1.44. The SMILES string of the molecule is CN1CCc2c(cnn2-c2cccc(N)c2)C1. The average molecular weight is 228 g/mol. The van der Waals surface area contributed by atoms with Crippen LogP contribution in [0.5, 0.6) is 0 Å². The lowest BCUT2D eigenvalue weighted by Crippen LogP contribution is -2.27. The van der Waals surface area contributed by atoms with Crippen molar-refractivity contribution in [1.29, 1.82) is 0 Å². The molecule has 1 aromatic carbocycles. The van der Waals surface area contributed by atoms with Gasteiger partial charge in [0.15, 0.2) is 0 Å². The van der Waals surface area contributed by atoms with Crippen molar-refractivity contribution >= 4 is 5.69 Å². The van der Waals surface area contributed by atoms with E-state index in [9.17, 15) is 0 Å². The van der Waals surface area contributed by atoms with E-state index in [0.29, 0.717) is 0 Å². The second-order valence-electron chi connectivity index (χ2n) is 4.61. The standard InChI is InChI=1S/C13H16N4/c1-16-6-5-13-10(9-16)8-15-17(13)12-4-2-3-11(14)7-12/h2-4,7-8H,5-6,9,14H2,1H3. The van der Waals surface area contributed by atoms with E-state index in [4.69, 9.17) is 5.73 Å². The maximum Gasteiger partial charge on any atom is 0.0669 e. The fourth-order valence-corrected chi connectivity index (χ4v) is 2.35. The van der Waals surface area contributed by atoms with Gasteiger partial charge in [0, 0.05) is 30.8 Å². The summed E-state index contributed by atoms with van der Waals surface area (Å²) >= 11 is 0. The van der Waals surface area contributed by atoms with Crippen LogP contribution >= 0.6 is 0 Å². The monoisotopic (exact) mass is 228 g/mol. The van der Waals surface area contributed by atoms with E-state index in [2.05, 4.69) is 17.0 Å². The van der Waals surface area contributed by atoms with Crippen LogP contribution in [0.1, 0.15) is 11.3 Å². The van der Waals surface area contributed by atoms with E-state index < -0.39 is 0 Å². The molecule has 17 heavy (non-hydrogen) atoms. The number of nitrogens with two attached hydrogens (primary N) is 1. The van der Waals surface area contributed by atoms with E-state index in [0.717, 1.165) is 30.9 Å². The first-order valence-electron chi connectivity index (χ1n) is 5.84. The van der Waals surface area contributed by atoms with E-state index in [1.54, 1.807) is 0 Å². The highest BCUT2D eigenvalue weighted by molar-refractivity contribution is 5.48. The van der Waals surface area contributed by atoms with Crippen molar-refractivity contribution in [3.05, 3.63) is 41.7 Å². The van der Waals surface area contributed by atoms with Crippen molar-refractivity contribution in [2.24, 2.45) is 0 Å². The van der Waals surface area contributed by atoms with Crippen LogP contribution in [0.15, 0.2) is 30.5 Å². The fraction of sp³-hybridized carbons (Fsp3) is 0.308. The Kier molecular flexibility index (Phi) is 2.37. The molecule has 1 aromatic heterocycles. The first-order chi connectivity index (χ1) is 8.24. The molecule has 0 unspecified atom stereocenters. The van der Waals surface area contributed by atoms with Crippen LogP contribution in [-0.4, -0.2) is 28.3 Å². The third-order valence-electron chi connectivity index (χ3n) is 3.24. The summed E-state index contributed by atoms with van der Waals surface area (Å²) in [5.74, 6) is 0. The lowest BCUT2D eigenvalue weighted by Gasteiger charge is -2.22. The molecule has 0 bridgehead atoms. The number of benzene rings is 1. The molecule has 1 aliphatic heterocycles. The third kappa shape index (κ3) is 1.80. The summed E-state index contributed by atoms with van der Waals surface area (Å²) in [7, 11) is 2.14. The highest BCUT2D eigenvalue weighted by atomic mass is 15.3. The van der Waals surface area contributed by atoms with Crippen LogP contribution in [0, 0.1) is 0 Å². The van der Waals surface area contributed by atoms with Gasteiger partial charge in [0.25, 0.3) is 0 Å². The Morgan fingerprint density at radius 1 is 1.35 bits per heavy atom. The molecule has 0 amide bonds. The van der Waals surface area contributed by atoms with E-state index in [1.807, 2.05) is 35.1 Å². The molecule has 0 spiro atoms. The van der Waals surface area contributed by atoms with Crippen LogP contribution in [0.4, 0.5) is 5.69 Å².